The summed E-state index contributed by atoms with van der Waals surface area (Å²) >= 11 is 0. The van der Waals surface area contributed by atoms with Gasteiger partial charge in [0.1, 0.15) is 0 Å². The summed E-state index contributed by atoms with van der Waals surface area (Å²) in [6.07, 6.45) is 9.73. The number of rotatable bonds is 3. The highest BCUT2D eigenvalue weighted by Gasteiger charge is 2.18. The van der Waals surface area contributed by atoms with E-state index in [2.05, 4.69) is 36.8 Å². The first-order valence-electron chi connectivity index (χ1n) is 6.52. The Morgan fingerprint density at radius 1 is 1.25 bits per heavy atom. The van der Waals surface area contributed by atoms with Crippen molar-refractivity contribution in [3.8, 4) is 0 Å². The van der Waals surface area contributed by atoms with Gasteiger partial charge in [-0.05, 0) is 44.1 Å². The summed E-state index contributed by atoms with van der Waals surface area (Å²) in [7, 11) is 2.07. The fraction of sp³-hybridized carbons (Fsp3) is 0.643. The Labute approximate surface area is 98.4 Å². The molecule has 1 heterocycles. The van der Waals surface area contributed by atoms with Crippen LogP contribution in [0.15, 0.2) is 6.08 Å². The fourth-order valence-corrected chi connectivity index (χ4v) is 2.71. The zero-order chi connectivity index (χ0) is 11.5. The van der Waals surface area contributed by atoms with Gasteiger partial charge >= 0.3 is 0 Å². The second kappa shape index (κ2) is 4.86. The molecule has 1 aliphatic carbocycles. The van der Waals surface area contributed by atoms with Crippen molar-refractivity contribution in [3.63, 3.8) is 0 Å². The van der Waals surface area contributed by atoms with Crippen LogP contribution in [0.1, 0.15) is 56.5 Å². The average Bonchev–Trinajstić information content (AvgIpc) is 2.66. The predicted octanol–water partition coefficient (Wildman–Crippen LogP) is 3.50. The second-order valence-electron chi connectivity index (χ2n) is 4.57. The predicted molar refractivity (Wildman–Crippen MR) is 68.4 cm³/mol. The van der Waals surface area contributed by atoms with Gasteiger partial charge in [0, 0.05) is 18.3 Å². The van der Waals surface area contributed by atoms with Crippen molar-refractivity contribution < 1.29 is 0 Å². The normalized spacial score (nSPS) is 16.3. The van der Waals surface area contributed by atoms with Crippen LogP contribution in [0, 0.1) is 0 Å². The van der Waals surface area contributed by atoms with Gasteiger partial charge in [0.25, 0.3) is 0 Å². The van der Waals surface area contributed by atoms with Gasteiger partial charge in [-0.3, -0.25) is 4.68 Å². The van der Waals surface area contributed by atoms with E-state index >= 15 is 0 Å². The highest BCUT2D eigenvalue weighted by molar-refractivity contribution is 5.70. The molecule has 0 unspecified atom stereocenters. The molecule has 1 aromatic heterocycles. The van der Waals surface area contributed by atoms with E-state index in [1.54, 1.807) is 5.57 Å². The molecule has 1 aromatic rings. The van der Waals surface area contributed by atoms with Gasteiger partial charge in [0.15, 0.2) is 0 Å². The van der Waals surface area contributed by atoms with Gasteiger partial charge in [-0.25, -0.2) is 0 Å². The summed E-state index contributed by atoms with van der Waals surface area (Å²) in [6, 6.07) is 0. The lowest BCUT2D eigenvalue weighted by Crippen LogP contribution is -2.00. The zero-order valence-corrected chi connectivity index (χ0v) is 10.7. The van der Waals surface area contributed by atoms with Crippen molar-refractivity contribution in [1.29, 1.82) is 0 Å². The summed E-state index contributed by atoms with van der Waals surface area (Å²) in [6.45, 7) is 4.43. The van der Waals surface area contributed by atoms with Crippen LogP contribution in [0.4, 0.5) is 0 Å². The number of nitrogens with zero attached hydrogens (tertiary/aromatic N) is 2. The first-order valence-corrected chi connectivity index (χ1v) is 6.52. The molecule has 0 N–H and O–H groups in total. The van der Waals surface area contributed by atoms with E-state index < -0.39 is 0 Å². The van der Waals surface area contributed by atoms with Gasteiger partial charge in [-0.1, -0.05) is 19.9 Å². The average molecular weight is 218 g/mol. The minimum Gasteiger partial charge on any atom is -0.272 e. The Kier molecular flexibility index (Phi) is 3.47. The van der Waals surface area contributed by atoms with E-state index in [-0.39, 0.29) is 0 Å². The number of hydrogen-bond acceptors (Lipinski definition) is 1. The van der Waals surface area contributed by atoms with Crippen molar-refractivity contribution in [1.82, 2.24) is 9.78 Å². The standard InChI is InChI=1S/C14H22N2/c1-4-12-14(11-9-7-6-8-10-11)13(5-2)16(3)15-12/h9H,4-8,10H2,1-3H3. The number of hydrogen-bond donors (Lipinski definition) is 0. The molecular weight excluding hydrogens is 196 g/mol. The molecule has 0 spiro atoms. The molecule has 2 rings (SSSR count). The van der Waals surface area contributed by atoms with Gasteiger partial charge in [0.05, 0.1) is 5.69 Å². The maximum Gasteiger partial charge on any atom is 0.0699 e. The van der Waals surface area contributed by atoms with Gasteiger partial charge < -0.3 is 0 Å². The van der Waals surface area contributed by atoms with Crippen molar-refractivity contribution >= 4 is 5.57 Å². The molecule has 0 atom stereocenters. The van der Waals surface area contributed by atoms with Crippen LogP contribution in [-0.4, -0.2) is 9.78 Å². The van der Waals surface area contributed by atoms with Crippen LogP contribution < -0.4 is 0 Å². The van der Waals surface area contributed by atoms with Crippen LogP contribution >= 0.6 is 0 Å². The smallest absolute Gasteiger partial charge is 0.0699 e. The fourth-order valence-electron chi connectivity index (χ4n) is 2.71. The number of aromatic nitrogens is 2. The lowest BCUT2D eigenvalue weighted by Gasteiger charge is -2.14. The Hall–Kier alpha value is -1.05. The summed E-state index contributed by atoms with van der Waals surface area (Å²) in [5.74, 6) is 0. The molecule has 2 heteroatoms. The number of allylic oxidation sites excluding steroid dienone is 2. The van der Waals surface area contributed by atoms with Crippen LogP contribution in [0.3, 0.4) is 0 Å². The quantitative estimate of drug-likeness (QED) is 0.759. The monoisotopic (exact) mass is 218 g/mol. The molecular formula is C14H22N2. The third-order valence-electron chi connectivity index (χ3n) is 3.52. The van der Waals surface area contributed by atoms with E-state index in [9.17, 15) is 0 Å². The van der Waals surface area contributed by atoms with Gasteiger partial charge in [-0.2, -0.15) is 5.10 Å². The van der Waals surface area contributed by atoms with Crippen LogP contribution in [-0.2, 0) is 19.9 Å². The summed E-state index contributed by atoms with van der Waals surface area (Å²) in [5.41, 5.74) is 5.71. The minimum atomic E-state index is 1.04. The van der Waals surface area contributed by atoms with Crippen LogP contribution in [0.25, 0.3) is 5.57 Å². The molecule has 0 aromatic carbocycles. The molecule has 16 heavy (non-hydrogen) atoms. The molecule has 88 valence electrons. The Morgan fingerprint density at radius 2 is 2.06 bits per heavy atom. The first-order chi connectivity index (χ1) is 7.77. The third kappa shape index (κ3) is 1.93. The molecule has 0 bridgehead atoms. The van der Waals surface area contributed by atoms with Crippen molar-refractivity contribution in [2.45, 2.75) is 52.4 Å². The maximum atomic E-state index is 4.65. The van der Waals surface area contributed by atoms with E-state index in [1.165, 1.54) is 42.6 Å². The van der Waals surface area contributed by atoms with E-state index in [1.807, 2.05) is 0 Å². The largest absolute Gasteiger partial charge is 0.272 e. The lowest BCUT2D eigenvalue weighted by atomic mass is 9.91. The molecule has 0 amide bonds. The SMILES string of the molecule is CCc1nn(C)c(CC)c1C1=CCCCC1. The highest BCUT2D eigenvalue weighted by atomic mass is 15.3. The van der Waals surface area contributed by atoms with Crippen LogP contribution in [0.5, 0.6) is 0 Å². The third-order valence-corrected chi connectivity index (χ3v) is 3.52. The zero-order valence-electron chi connectivity index (χ0n) is 10.7. The van der Waals surface area contributed by atoms with E-state index in [0.29, 0.717) is 0 Å². The molecule has 0 aliphatic heterocycles. The van der Waals surface area contributed by atoms with E-state index in [4.69, 9.17) is 0 Å². The Balaban J connectivity index is 2.47. The molecule has 1 aliphatic rings. The van der Waals surface area contributed by atoms with Crippen molar-refractivity contribution in [2.75, 3.05) is 0 Å². The topological polar surface area (TPSA) is 17.8 Å². The molecule has 0 saturated heterocycles. The summed E-state index contributed by atoms with van der Waals surface area (Å²) < 4.78 is 2.07. The Morgan fingerprint density at radius 3 is 2.62 bits per heavy atom. The molecule has 0 fully saturated rings. The Bertz CT molecular complexity index is 399. The summed E-state index contributed by atoms with van der Waals surface area (Å²) in [5, 5.41) is 4.65. The van der Waals surface area contributed by atoms with Crippen LogP contribution in [0.2, 0.25) is 0 Å². The molecule has 2 nitrogen and oxygen atoms in total. The summed E-state index contributed by atoms with van der Waals surface area (Å²) in [4.78, 5) is 0. The first kappa shape index (κ1) is 11.4. The lowest BCUT2D eigenvalue weighted by molar-refractivity contribution is 0.704. The van der Waals surface area contributed by atoms with E-state index in [0.717, 1.165) is 12.8 Å². The minimum absolute atomic E-state index is 1.04. The highest BCUT2D eigenvalue weighted by Crippen LogP contribution is 2.31. The molecule has 0 radical (unpaired) electrons. The number of aryl methyl sites for hydroxylation is 2. The second-order valence-corrected chi connectivity index (χ2v) is 4.57. The van der Waals surface area contributed by atoms with Gasteiger partial charge in [0.2, 0.25) is 0 Å². The maximum absolute atomic E-state index is 4.65. The van der Waals surface area contributed by atoms with Crippen molar-refractivity contribution in [2.24, 2.45) is 7.05 Å². The molecule has 0 saturated carbocycles. The van der Waals surface area contributed by atoms with Crippen molar-refractivity contribution in [3.05, 3.63) is 23.0 Å². The van der Waals surface area contributed by atoms with Gasteiger partial charge in [-0.15, -0.1) is 0 Å².